The minimum atomic E-state index is -0.613. The second-order valence-electron chi connectivity index (χ2n) is 5.43. The summed E-state index contributed by atoms with van der Waals surface area (Å²) in [6, 6.07) is 9.00. The molecule has 0 aromatic heterocycles. The summed E-state index contributed by atoms with van der Waals surface area (Å²) in [4.78, 5) is 32.0. The van der Waals surface area contributed by atoms with Crippen molar-refractivity contribution >= 4 is 40.5 Å². The highest BCUT2D eigenvalue weighted by molar-refractivity contribution is 8.19. The third-order valence-electron chi connectivity index (χ3n) is 3.78. The SMILES string of the molecule is COC(=O)C=C1SC(=NC(=N)N2CCOCC2)N(c2ccccc2)C1=O. The van der Waals surface area contributed by atoms with Crippen molar-refractivity contribution < 1.29 is 19.1 Å². The fraction of sp³-hybridized carbons (Fsp3) is 0.294. The van der Waals surface area contributed by atoms with E-state index >= 15 is 0 Å². The van der Waals surface area contributed by atoms with E-state index in [9.17, 15) is 9.59 Å². The average Bonchev–Trinajstić information content (AvgIpc) is 2.97. The van der Waals surface area contributed by atoms with Crippen LogP contribution in [-0.4, -0.2) is 61.3 Å². The van der Waals surface area contributed by atoms with Crippen LogP contribution in [0.1, 0.15) is 0 Å². The Morgan fingerprint density at radius 2 is 2.00 bits per heavy atom. The van der Waals surface area contributed by atoms with Gasteiger partial charge in [0, 0.05) is 19.2 Å². The van der Waals surface area contributed by atoms with Gasteiger partial charge in [0.15, 0.2) is 5.17 Å². The normalized spacial score (nSPS) is 20.7. The Balaban J connectivity index is 1.93. The number of carbonyl (C=O) groups excluding carboxylic acids is 2. The van der Waals surface area contributed by atoms with Gasteiger partial charge in [-0.3, -0.25) is 15.1 Å². The van der Waals surface area contributed by atoms with Crippen molar-refractivity contribution in [3.63, 3.8) is 0 Å². The third-order valence-corrected chi connectivity index (χ3v) is 4.75. The predicted octanol–water partition coefficient (Wildman–Crippen LogP) is 1.45. The van der Waals surface area contributed by atoms with E-state index in [4.69, 9.17) is 10.1 Å². The average molecular weight is 374 g/mol. The molecule has 9 heteroatoms. The molecule has 1 amide bonds. The van der Waals surface area contributed by atoms with Crippen molar-refractivity contribution in [2.24, 2.45) is 4.99 Å². The summed E-state index contributed by atoms with van der Waals surface area (Å²) >= 11 is 1.05. The maximum atomic E-state index is 12.8. The van der Waals surface area contributed by atoms with Crippen molar-refractivity contribution in [2.75, 3.05) is 38.3 Å². The molecule has 2 fully saturated rings. The molecular formula is C17H18N4O4S. The van der Waals surface area contributed by atoms with E-state index in [0.717, 1.165) is 17.8 Å². The van der Waals surface area contributed by atoms with E-state index in [1.165, 1.54) is 12.0 Å². The van der Waals surface area contributed by atoms with E-state index in [-0.39, 0.29) is 16.8 Å². The van der Waals surface area contributed by atoms with Gasteiger partial charge >= 0.3 is 5.97 Å². The number of nitrogens with one attached hydrogen (secondary N) is 1. The molecule has 1 aromatic rings. The summed E-state index contributed by atoms with van der Waals surface area (Å²) in [5.41, 5.74) is 0.617. The highest BCUT2D eigenvalue weighted by Crippen LogP contribution is 2.34. The summed E-state index contributed by atoms with van der Waals surface area (Å²) in [5.74, 6) is -0.928. The minimum Gasteiger partial charge on any atom is -0.466 e. The van der Waals surface area contributed by atoms with Gasteiger partial charge in [-0.15, -0.1) is 0 Å². The van der Waals surface area contributed by atoms with Crippen molar-refractivity contribution in [3.05, 3.63) is 41.3 Å². The lowest BCUT2D eigenvalue weighted by molar-refractivity contribution is -0.135. The zero-order chi connectivity index (χ0) is 18.5. The fourth-order valence-electron chi connectivity index (χ4n) is 2.46. The number of hydrogen-bond donors (Lipinski definition) is 1. The number of carbonyl (C=O) groups is 2. The van der Waals surface area contributed by atoms with Gasteiger partial charge in [-0.2, -0.15) is 4.99 Å². The van der Waals surface area contributed by atoms with Crippen LogP contribution in [0.25, 0.3) is 0 Å². The number of para-hydroxylation sites is 1. The van der Waals surface area contributed by atoms with Crippen molar-refractivity contribution in [3.8, 4) is 0 Å². The van der Waals surface area contributed by atoms with Gasteiger partial charge in [-0.05, 0) is 23.9 Å². The number of hydrogen-bond acceptors (Lipinski definition) is 6. The number of anilines is 1. The van der Waals surface area contributed by atoms with Gasteiger partial charge in [0.2, 0.25) is 5.96 Å². The molecule has 0 saturated carbocycles. The third kappa shape index (κ3) is 3.94. The number of esters is 1. The number of morpholine rings is 1. The first-order chi connectivity index (χ1) is 12.6. The predicted molar refractivity (Wildman–Crippen MR) is 99.2 cm³/mol. The van der Waals surface area contributed by atoms with Gasteiger partial charge in [0.05, 0.1) is 30.9 Å². The molecule has 1 N–H and O–H groups in total. The molecule has 2 heterocycles. The Morgan fingerprint density at radius 3 is 2.65 bits per heavy atom. The number of benzene rings is 1. The minimum absolute atomic E-state index is 0.0591. The van der Waals surface area contributed by atoms with E-state index in [1.807, 2.05) is 6.07 Å². The van der Waals surface area contributed by atoms with Crippen LogP contribution in [0.15, 0.2) is 46.3 Å². The molecule has 0 aliphatic carbocycles. The molecule has 8 nitrogen and oxygen atoms in total. The van der Waals surface area contributed by atoms with E-state index < -0.39 is 5.97 Å². The van der Waals surface area contributed by atoms with Crippen molar-refractivity contribution in [2.45, 2.75) is 0 Å². The molecule has 3 rings (SSSR count). The van der Waals surface area contributed by atoms with E-state index in [2.05, 4.69) is 9.73 Å². The first kappa shape index (κ1) is 18.2. The van der Waals surface area contributed by atoms with Crippen LogP contribution >= 0.6 is 11.8 Å². The number of methoxy groups -OCH3 is 1. The summed E-state index contributed by atoms with van der Waals surface area (Å²) in [5, 5.41) is 8.56. The number of amidine groups is 1. The number of aliphatic imine (C=N–C) groups is 1. The Bertz CT molecular complexity index is 772. The molecule has 0 bridgehead atoms. The van der Waals surface area contributed by atoms with Crippen LogP contribution in [0.5, 0.6) is 0 Å². The maximum absolute atomic E-state index is 12.8. The summed E-state index contributed by atoms with van der Waals surface area (Å²) < 4.78 is 9.89. The summed E-state index contributed by atoms with van der Waals surface area (Å²) in [6.45, 7) is 2.22. The Labute approximate surface area is 155 Å². The first-order valence-corrected chi connectivity index (χ1v) is 8.78. The van der Waals surface area contributed by atoms with Crippen LogP contribution in [0, 0.1) is 5.41 Å². The largest absolute Gasteiger partial charge is 0.466 e. The lowest BCUT2D eigenvalue weighted by Gasteiger charge is -2.27. The molecule has 0 radical (unpaired) electrons. The molecule has 0 spiro atoms. The monoisotopic (exact) mass is 374 g/mol. The second-order valence-corrected chi connectivity index (χ2v) is 6.44. The Morgan fingerprint density at radius 1 is 1.31 bits per heavy atom. The number of guanidine groups is 1. The number of thioether (sulfide) groups is 1. The molecule has 26 heavy (non-hydrogen) atoms. The molecule has 1 aromatic carbocycles. The van der Waals surface area contributed by atoms with Crippen molar-refractivity contribution in [1.29, 1.82) is 5.41 Å². The Hall–Kier alpha value is -2.65. The van der Waals surface area contributed by atoms with E-state index in [0.29, 0.717) is 37.2 Å². The Kier molecular flexibility index (Phi) is 5.69. The number of rotatable bonds is 2. The number of ether oxygens (including phenoxy) is 2. The van der Waals surface area contributed by atoms with Gasteiger partial charge in [0.25, 0.3) is 5.91 Å². The molecule has 2 aliphatic rings. The van der Waals surface area contributed by atoms with Gasteiger partial charge in [-0.25, -0.2) is 4.79 Å². The molecule has 2 saturated heterocycles. The maximum Gasteiger partial charge on any atom is 0.331 e. The summed E-state index contributed by atoms with van der Waals surface area (Å²) in [7, 11) is 1.25. The van der Waals surface area contributed by atoms with Crippen LogP contribution in [0.4, 0.5) is 5.69 Å². The van der Waals surface area contributed by atoms with Crippen LogP contribution < -0.4 is 4.90 Å². The molecule has 0 atom stereocenters. The molecule has 2 aliphatic heterocycles. The molecule has 136 valence electrons. The topological polar surface area (TPSA) is 95.3 Å². The summed E-state index contributed by atoms with van der Waals surface area (Å²) in [6.07, 6.45) is 1.14. The molecule has 0 unspecified atom stereocenters. The number of nitrogens with zero attached hydrogens (tertiary/aromatic N) is 3. The number of amides is 1. The van der Waals surface area contributed by atoms with E-state index in [1.54, 1.807) is 29.2 Å². The van der Waals surface area contributed by atoms with Crippen LogP contribution in [0.2, 0.25) is 0 Å². The lowest BCUT2D eigenvalue weighted by atomic mass is 10.3. The second kappa shape index (κ2) is 8.15. The van der Waals surface area contributed by atoms with Crippen molar-refractivity contribution in [1.82, 2.24) is 4.90 Å². The zero-order valence-electron chi connectivity index (χ0n) is 14.2. The smallest absolute Gasteiger partial charge is 0.331 e. The highest BCUT2D eigenvalue weighted by Gasteiger charge is 2.36. The van der Waals surface area contributed by atoms with Gasteiger partial charge in [0.1, 0.15) is 0 Å². The lowest BCUT2D eigenvalue weighted by Crippen LogP contribution is -2.40. The van der Waals surface area contributed by atoms with Crippen LogP contribution in [0.3, 0.4) is 0 Å². The molecular weight excluding hydrogens is 356 g/mol. The fourth-order valence-corrected chi connectivity index (χ4v) is 3.40. The van der Waals surface area contributed by atoms with Gasteiger partial charge < -0.3 is 14.4 Å². The van der Waals surface area contributed by atoms with Crippen LogP contribution in [-0.2, 0) is 19.1 Å². The quantitative estimate of drug-likeness (QED) is 0.364. The first-order valence-electron chi connectivity index (χ1n) is 7.97. The standard InChI is InChI=1S/C17H18N4O4S/c1-24-14(22)11-13-15(23)21(12-5-3-2-4-6-12)17(26-13)19-16(18)20-7-9-25-10-8-20/h2-6,11,18H,7-10H2,1H3. The van der Waals surface area contributed by atoms with Gasteiger partial charge in [-0.1, -0.05) is 18.2 Å². The zero-order valence-corrected chi connectivity index (χ0v) is 15.0. The highest BCUT2D eigenvalue weighted by atomic mass is 32.2.